The van der Waals surface area contributed by atoms with Crippen LogP contribution in [0.15, 0.2) is 6.20 Å². The molecule has 92 valence electrons. The Balaban J connectivity index is 2.39. The van der Waals surface area contributed by atoms with Gasteiger partial charge in [-0.3, -0.25) is 5.10 Å². The van der Waals surface area contributed by atoms with Crippen molar-refractivity contribution in [1.82, 2.24) is 20.2 Å². The first-order chi connectivity index (χ1) is 8.11. The molecule has 0 bridgehead atoms. The lowest BCUT2D eigenvalue weighted by Crippen LogP contribution is -2.08. The Bertz CT molecular complexity index is 503. The van der Waals surface area contributed by atoms with Gasteiger partial charge in [0.05, 0.1) is 11.6 Å². The molecule has 1 atom stereocenters. The van der Waals surface area contributed by atoms with Crippen molar-refractivity contribution in [2.45, 2.75) is 39.5 Å². The third kappa shape index (κ3) is 2.38. The molecule has 2 aromatic heterocycles. The highest BCUT2D eigenvalue weighted by molar-refractivity contribution is 5.84. The Morgan fingerprint density at radius 2 is 2.12 bits per heavy atom. The molecule has 0 saturated heterocycles. The van der Waals surface area contributed by atoms with Crippen LogP contribution in [0.5, 0.6) is 0 Å². The zero-order chi connectivity index (χ0) is 12.4. The molecule has 0 aliphatic carbocycles. The number of H-pyrrole nitrogens is 1. The summed E-state index contributed by atoms with van der Waals surface area (Å²) in [6.45, 7) is 6.57. The SMILES string of the molecule is CCC(CC(C)C)c1nc(N)c2cn[nH]c2n1. The summed E-state index contributed by atoms with van der Waals surface area (Å²) in [5.74, 6) is 2.34. The fraction of sp³-hybridized carbons (Fsp3) is 0.583. The van der Waals surface area contributed by atoms with Crippen LogP contribution in [0, 0.1) is 5.92 Å². The van der Waals surface area contributed by atoms with Gasteiger partial charge in [-0.1, -0.05) is 20.8 Å². The molecule has 5 nitrogen and oxygen atoms in total. The maximum absolute atomic E-state index is 5.91. The second-order valence-corrected chi connectivity index (χ2v) is 4.83. The normalized spacial score (nSPS) is 13.4. The number of hydrogen-bond acceptors (Lipinski definition) is 4. The molecule has 3 N–H and O–H groups in total. The number of aromatic nitrogens is 4. The summed E-state index contributed by atoms with van der Waals surface area (Å²) in [7, 11) is 0. The summed E-state index contributed by atoms with van der Waals surface area (Å²) in [4.78, 5) is 8.92. The van der Waals surface area contributed by atoms with E-state index in [1.165, 1.54) is 0 Å². The molecule has 0 saturated carbocycles. The number of aromatic amines is 1. The highest BCUT2D eigenvalue weighted by Crippen LogP contribution is 2.26. The van der Waals surface area contributed by atoms with Crippen molar-refractivity contribution in [2.75, 3.05) is 5.73 Å². The van der Waals surface area contributed by atoms with Gasteiger partial charge >= 0.3 is 0 Å². The van der Waals surface area contributed by atoms with Crippen molar-refractivity contribution in [3.63, 3.8) is 0 Å². The molecule has 0 amide bonds. The van der Waals surface area contributed by atoms with E-state index in [-0.39, 0.29) is 0 Å². The Morgan fingerprint density at radius 1 is 1.35 bits per heavy atom. The van der Waals surface area contributed by atoms with E-state index in [0.717, 1.165) is 29.7 Å². The minimum Gasteiger partial charge on any atom is -0.383 e. The molecule has 1 unspecified atom stereocenters. The van der Waals surface area contributed by atoms with Gasteiger partial charge in [0.15, 0.2) is 5.65 Å². The van der Waals surface area contributed by atoms with Crippen LogP contribution in [0.2, 0.25) is 0 Å². The predicted octanol–water partition coefficient (Wildman–Crippen LogP) is 2.47. The van der Waals surface area contributed by atoms with Crippen molar-refractivity contribution >= 4 is 16.9 Å². The van der Waals surface area contributed by atoms with E-state index >= 15 is 0 Å². The van der Waals surface area contributed by atoms with Crippen molar-refractivity contribution in [2.24, 2.45) is 5.92 Å². The highest BCUT2D eigenvalue weighted by atomic mass is 15.2. The third-order valence-electron chi connectivity index (χ3n) is 2.97. The molecule has 0 aromatic carbocycles. The van der Waals surface area contributed by atoms with E-state index in [2.05, 4.69) is 40.9 Å². The summed E-state index contributed by atoms with van der Waals surface area (Å²) >= 11 is 0. The minimum atomic E-state index is 0.366. The minimum absolute atomic E-state index is 0.366. The quantitative estimate of drug-likeness (QED) is 0.850. The highest BCUT2D eigenvalue weighted by Gasteiger charge is 2.16. The number of hydrogen-bond donors (Lipinski definition) is 2. The first kappa shape index (κ1) is 11.8. The third-order valence-corrected chi connectivity index (χ3v) is 2.97. The van der Waals surface area contributed by atoms with Gasteiger partial charge in [-0.25, -0.2) is 9.97 Å². The van der Waals surface area contributed by atoms with Gasteiger partial charge in [-0.2, -0.15) is 5.10 Å². The van der Waals surface area contributed by atoms with E-state index in [0.29, 0.717) is 17.7 Å². The molecule has 0 spiro atoms. The molecule has 2 aromatic rings. The van der Waals surface area contributed by atoms with Crippen molar-refractivity contribution in [3.05, 3.63) is 12.0 Å². The summed E-state index contributed by atoms with van der Waals surface area (Å²) in [6, 6.07) is 0. The zero-order valence-corrected chi connectivity index (χ0v) is 10.6. The van der Waals surface area contributed by atoms with Gasteiger partial charge < -0.3 is 5.73 Å². The summed E-state index contributed by atoms with van der Waals surface area (Å²) in [5, 5.41) is 7.59. The molecule has 0 aliphatic heterocycles. The smallest absolute Gasteiger partial charge is 0.161 e. The van der Waals surface area contributed by atoms with Crippen LogP contribution >= 0.6 is 0 Å². The monoisotopic (exact) mass is 233 g/mol. The van der Waals surface area contributed by atoms with E-state index in [9.17, 15) is 0 Å². The number of nitrogen functional groups attached to an aromatic ring is 1. The van der Waals surface area contributed by atoms with Gasteiger partial charge in [0, 0.05) is 5.92 Å². The van der Waals surface area contributed by atoms with Gasteiger partial charge in [-0.15, -0.1) is 0 Å². The molecule has 2 heterocycles. The number of anilines is 1. The van der Waals surface area contributed by atoms with Crippen LogP contribution < -0.4 is 5.73 Å². The number of rotatable bonds is 4. The average molecular weight is 233 g/mol. The van der Waals surface area contributed by atoms with Crippen LogP contribution in [0.3, 0.4) is 0 Å². The second-order valence-electron chi connectivity index (χ2n) is 4.83. The molecule has 17 heavy (non-hydrogen) atoms. The molecule has 0 fully saturated rings. The van der Waals surface area contributed by atoms with E-state index in [4.69, 9.17) is 5.73 Å². The largest absolute Gasteiger partial charge is 0.383 e. The Morgan fingerprint density at radius 3 is 2.76 bits per heavy atom. The fourth-order valence-corrected chi connectivity index (χ4v) is 2.08. The number of nitrogens with one attached hydrogen (secondary N) is 1. The van der Waals surface area contributed by atoms with Crippen LogP contribution in [0.4, 0.5) is 5.82 Å². The first-order valence-electron chi connectivity index (χ1n) is 6.08. The first-order valence-corrected chi connectivity index (χ1v) is 6.08. The summed E-state index contributed by atoms with van der Waals surface area (Å²) in [5.41, 5.74) is 6.64. The standard InChI is InChI=1S/C12H19N5/c1-4-8(5-7(2)3)11-15-10(13)9-6-14-17-12(9)16-11/h6-8H,4-5H2,1-3H3,(H3,13,14,15,16,17). The molecule has 0 radical (unpaired) electrons. The van der Waals surface area contributed by atoms with E-state index in [1.807, 2.05) is 0 Å². The van der Waals surface area contributed by atoms with Crippen molar-refractivity contribution in [1.29, 1.82) is 0 Å². The van der Waals surface area contributed by atoms with Crippen LogP contribution in [-0.4, -0.2) is 20.2 Å². The molecule has 2 rings (SSSR count). The van der Waals surface area contributed by atoms with Crippen LogP contribution in [-0.2, 0) is 0 Å². The number of fused-ring (bicyclic) bond motifs is 1. The summed E-state index contributed by atoms with van der Waals surface area (Å²) in [6.07, 6.45) is 3.77. The Kier molecular flexibility index (Phi) is 3.26. The van der Waals surface area contributed by atoms with Crippen LogP contribution in [0.25, 0.3) is 11.0 Å². The fourth-order valence-electron chi connectivity index (χ4n) is 2.08. The maximum Gasteiger partial charge on any atom is 0.161 e. The molecular weight excluding hydrogens is 214 g/mol. The second kappa shape index (κ2) is 4.69. The zero-order valence-electron chi connectivity index (χ0n) is 10.6. The van der Waals surface area contributed by atoms with Crippen molar-refractivity contribution in [3.8, 4) is 0 Å². The average Bonchev–Trinajstić information content (AvgIpc) is 2.74. The maximum atomic E-state index is 5.91. The Hall–Kier alpha value is -1.65. The lowest BCUT2D eigenvalue weighted by atomic mass is 9.94. The topological polar surface area (TPSA) is 80.5 Å². The number of nitrogens with two attached hydrogens (primary N) is 1. The number of nitrogens with zero attached hydrogens (tertiary/aromatic N) is 3. The summed E-state index contributed by atoms with van der Waals surface area (Å²) < 4.78 is 0. The van der Waals surface area contributed by atoms with Gasteiger partial charge in [0.1, 0.15) is 11.6 Å². The lowest BCUT2D eigenvalue weighted by molar-refractivity contribution is 0.473. The lowest BCUT2D eigenvalue weighted by Gasteiger charge is -2.15. The van der Waals surface area contributed by atoms with Crippen LogP contribution in [0.1, 0.15) is 45.4 Å². The van der Waals surface area contributed by atoms with Gasteiger partial charge in [-0.05, 0) is 18.8 Å². The van der Waals surface area contributed by atoms with E-state index < -0.39 is 0 Å². The van der Waals surface area contributed by atoms with Crippen molar-refractivity contribution < 1.29 is 0 Å². The van der Waals surface area contributed by atoms with E-state index in [1.54, 1.807) is 6.20 Å². The van der Waals surface area contributed by atoms with Gasteiger partial charge in [0.25, 0.3) is 0 Å². The van der Waals surface area contributed by atoms with Gasteiger partial charge in [0.2, 0.25) is 0 Å². The molecule has 0 aliphatic rings. The Labute approximate surface area is 101 Å². The predicted molar refractivity (Wildman–Crippen MR) is 68.6 cm³/mol. The molecular formula is C12H19N5. The molecule has 5 heteroatoms.